The monoisotopic (exact) mass is 277 g/mol. The fourth-order valence-electron chi connectivity index (χ4n) is 1.60. The van der Waals surface area contributed by atoms with E-state index in [0.29, 0.717) is 6.54 Å². The predicted octanol–water partition coefficient (Wildman–Crippen LogP) is 3.18. The van der Waals surface area contributed by atoms with Crippen molar-refractivity contribution < 1.29 is 0 Å². The second kappa shape index (κ2) is 4.53. The van der Waals surface area contributed by atoms with Gasteiger partial charge in [0.15, 0.2) is 0 Å². The van der Waals surface area contributed by atoms with Gasteiger partial charge in [0.1, 0.15) is 5.82 Å². The van der Waals surface area contributed by atoms with E-state index in [4.69, 9.17) is 5.73 Å². The Morgan fingerprint density at radius 2 is 2.31 bits per heavy atom. The number of nitrogens with one attached hydrogen (secondary N) is 1. The van der Waals surface area contributed by atoms with E-state index in [-0.39, 0.29) is 0 Å². The van der Waals surface area contributed by atoms with E-state index in [9.17, 15) is 0 Å². The Balaban J connectivity index is 2.64. The minimum absolute atomic E-state index is 0.679. The summed E-state index contributed by atoms with van der Waals surface area (Å²) in [6.45, 7) is 4.35. The van der Waals surface area contributed by atoms with Crippen molar-refractivity contribution in [2.24, 2.45) is 0 Å². The molecule has 0 saturated heterocycles. The van der Waals surface area contributed by atoms with E-state index >= 15 is 0 Å². The number of nitrogens with two attached hydrogens (primary N) is 1. The molecule has 4 heteroatoms. The second-order valence-electron chi connectivity index (χ2n) is 3.39. The normalized spacial score (nSPS) is 10.3. The molecule has 3 N–H and O–H groups in total. The molecule has 0 aliphatic rings. The number of nitrogens with zero attached hydrogens (tertiary/aromatic N) is 1. The summed E-state index contributed by atoms with van der Waals surface area (Å²) < 4.78 is 0.907. The molecule has 0 atom stereocenters. The van der Waals surface area contributed by atoms with Gasteiger partial charge in [-0.15, -0.1) is 6.58 Å². The van der Waals surface area contributed by atoms with Gasteiger partial charge in [0, 0.05) is 33.7 Å². The molecule has 16 heavy (non-hydrogen) atoms. The highest BCUT2D eigenvalue weighted by Gasteiger charge is 2.07. The number of aromatic nitrogens is 1. The lowest BCUT2D eigenvalue weighted by Crippen LogP contribution is -2.01. The van der Waals surface area contributed by atoms with Gasteiger partial charge >= 0.3 is 0 Å². The lowest BCUT2D eigenvalue weighted by atomic mass is 10.1. The topological polar surface area (TPSA) is 50.9 Å². The summed E-state index contributed by atoms with van der Waals surface area (Å²) in [5.41, 5.74) is 6.69. The molecule has 0 fully saturated rings. The van der Waals surface area contributed by atoms with Crippen molar-refractivity contribution in [3.63, 3.8) is 0 Å². The molecule has 0 radical (unpaired) electrons. The van der Waals surface area contributed by atoms with Crippen molar-refractivity contribution in [3.05, 3.63) is 41.5 Å². The van der Waals surface area contributed by atoms with Crippen LogP contribution < -0.4 is 11.1 Å². The minimum atomic E-state index is 0.679. The van der Waals surface area contributed by atoms with Crippen LogP contribution in [0.15, 0.2) is 41.5 Å². The average Bonchev–Trinajstić information content (AvgIpc) is 2.28. The van der Waals surface area contributed by atoms with Crippen LogP contribution in [0.1, 0.15) is 0 Å². The van der Waals surface area contributed by atoms with Crippen molar-refractivity contribution in [3.8, 4) is 0 Å². The Hall–Kier alpha value is -1.55. The van der Waals surface area contributed by atoms with Crippen LogP contribution in [-0.2, 0) is 0 Å². The van der Waals surface area contributed by atoms with E-state index in [1.165, 1.54) is 0 Å². The SMILES string of the molecule is C=CCNc1ncc(Br)c2c(N)cccc12. The zero-order valence-electron chi connectivity index (χ0n) is 8.70. The number of halogens is 1. The summed E-state index contributed by atoms with van der Waals surface area (Å²) in [6, 6.07) is 5.80. The number of fused-ring (bicyclic) bond motifs is 1. The highest BCUT2D eigenvalue weighted by molar-refractivity contribution is 9.10. The Bertz CT molecular complexity index is 529. The van der Waals surface area contributed by atoms with Crippen molar-refractivity contribution in [1.29, 1.82) is 0 Å². The highest BCUT2D eigenvalue weighted by Crippen LogP contribution is 2.32. The van der Waals surface area contributed by atoms with Gasteiger partial charge in [-0.25, -0.2) is 4.98 Å². The number of benzene rings is 1. The number of anilines is 2. The molecule has 2 aromatic rings. The molecule has 0 spiro atoms. The fraction of sp³-hybridized carbons (Fsp3) is 0.0833. The van der Waals surface area contributed by atoms with E-state index in [0.717, 1.165) is 26.8 Å². The Kier molecular flexibility index (Phi) is 3.10. The van der Waals surface area contributed by atoms with Gasteiger partial charge in [0.2, 0.25) is 0 Å². The van der Waals surface area contributed by atoms with Gasteiger partial charge in [0.05, 0.1) is 0 Å². The summed E-state index contributed by atoms with van der Waals surface area (Å²) >= 11 is 3.46. The average molecular weight is 278 g/mol. The van der Waals surface area contributed by atoms with Gasteiger partial charge in [0.25, 0.3) is 0 Å². The molecule has 0 bridgehead atoms. The summed E-state index contributed by atoms with van der Waals surface area (Å²) in [5.74, 6) is 0.824. The third kappa shape index (κ3) is 1.88. The van der Waals surface area contributed by atoms with Crippen molar-refractivity contribution in [1.82, 2.24) is 4.98 Å². The molecule has 0 unspecified atom stereocenters. The molecule has 0 aliphatic carbocycles. The highest BCUT2D eigenvalue weighted by atomic mass is 79.9. The number of hydrogen-bond acceptors (Lipinski definition) is 3. The molecule has 2 rings (SSSR count). The van der Waals surface area contributed by atoms with Crippen molar-refractivity contribution >= 4 is 38.2 Å². The third-order valence-electron chi connectivity index (χ3n) is 2.31. The molecule has 82 valence electrons. The molecule has 1 heterocycles. The van der Waals surface area contributed by atoms with Gasteiger partial charge in [-0.05, 0) is 22.0 Å². The standard InChI is InChI=1S/C12H12BrN3/c1-2-6-15-12-8-4-3-5-10(14)11(8)9(13)7-16-12/h2-5,7H,1,6,14H2,(H,15,16). The van der Waals surface area contributed by atoms with Crippen LogP contribution in [0.2, 0.25) is 0 Å². The van der Waals surface area contributed by atoms with Crippen LogP contribution in [0.4, 0.5) is 11.5 Å². The maximum absolute atomic E-state index is 5.95. The summed E-state index contributed by atoms with van der Waals surface area (Å²) in [5, 5.41) is 5.19. The van der Waals surface area contributed by atoms with Gasteiger partial charge in [-0.2, -0.15) is 0 Å². The molecule has 0 amide bonds. The smallest absolute Gasteiger partial charge is 0.134 e. The van der Waals surface area contributed by atoms with E-state index in [1.807, 2.05) is 18.2 Å². The molecular formula is C12H12BrN3. The Labute approximate surface area is 102 Å². The minimum Gasteiger partial charge on any atom is -0.398 e. The van der Waals surface area contributed by atoms with Gasteiger partial charge in [-0.1, -0.05) is 18.2 Å². The summed E-state index contributed by atoms with van der Waals surface area (Å²) in [7, 11) is 0. The molecule has 3 nitrogen and oxygen atoms in total. The predicted molar refractivity (Wildman–Crippen MR) is 72.5 cm³/mol. The zero-order chi connectivity index (χ0) is 11.5. The van der Waals surface area contributed by atoms with Gasteiger partial charge < -0.3 is 11.1 Å². The van der Waals surface area contributed by atoms with Crippen molar-refractivity contribution in [2.45, 2.75) is 0 Å². The van der Waals surface area contributed by atoms with Crippen LogP contribution >= 0.6 is 15.9 Å². The van der Waals surface area contributed by atoms with Crippen LogP contribution in [0, 0.1) is 0 Å². The fourth-order valence-corrected chi connectivity index (χ4v) is 2.14. The lowest BCUT2D eigenvalue weighted by Gasteiger charge is -2.09. The lowest BCUT2D eigenvalue weighted by molar-refractivity contribution is 1.25. The Morgan fingerprint density at radius 1 is 1.50 bits per heavy atom. The molecular weight excluding hydrogens is 266 g/mol. The van der Waals surface area contributed by atoms with E-state index in [2.05, 4.69) is 32.8 Å². The van der Waals surface area contributed by atoms with Crippen molar-refractivity contribution in [2.75, 3.05) is 17.6 Å². The molecule has 1 aromatic heterocycles. The van der Waals surface area contributed by atoms with Crippen LogP contribution in [-0.4, -0.2) is 11.5 Å². The molecule has 0 aliphatic heterocycles. The van der Waals surface area contributed by atoms with E-state index < -0.39 is 0 Å². The maximum atomic E-state index is 5.95. The largest absolute Gasteiger partial charge is 0.398 e. The summed E-state index contributed by atoms with van der Waals surface area (Å²) in [4.78, 5) is 4.32. The van der Waals surface area contributed by atoms with Crippen LogP contribution in [0.3, 0.4) is 0 Å². The zero-order valence-corrected chi connectivity index (χ0v) is 10.3. The maximum Gasteiger partial charge on any atom is 0.134 e. The second-order valence-corrected chi connectivity index (χ2v) is 4.25. The first-order valence-corrected chi connectivity index (χ1v) is 5.71. The first-order chi connectivity index (χ1) is 7.74. The molecule has 0 saturated carbocycles. The number of nitrogen functional groups attached to an aromatic ring is 1. The summed E-state index contributed by atoms with van der Waals surface area (Å²) in [6.07, 6.45) is 3.55. The van der Waals surface area contributed by atoms with Crippen LogP contribution in [0.5, 0.6) is 0 Å². The first kappa shape index (κ1) is 11.0. The molecule has 1 aromatic carbocycles. The number of pyridine rings is 1. The van der Waals surface area contributed by atoms with Crippen LogP contribution in [0.25, 0.3) is 10.8 Å². The third-order valence-corrected chi connectivity index (χ3v) is 2.91. The van der Waals surface area contributed by atoms with Gasteiger partial charge in [-0.3, -0.25) is 0 Å². The number of hydrogen-bond donors (Lipinski definition) is 2. The first-order valence-electron chi connectivity index (χ1n) is 4.91. The number of rotatable bonds is 3. The van der Waals surface area contributed by atoms with E-state index in [1.54, 1.807) is 12.3 Å². The quantitative estimate of drug-likeness (QED) is 0.669. The Morgan fingerprint density at radius 3 is 3.06 bits per heavy atom.